The maximum Gasteiger partial charge on any atom is 0.178 e. The minimum absolute atomic E-state index is 0.729. The van der Waals surface area contributed by atoms with Crippen molar-refractivity contribution < 1.29 is 4.74 Å². The average molecular weight is 289 g/mol. The van der Waals surface area contributed by atoms with Crippen molar-refractivity contribution in [2.24, 2.45) is 0 Å². The van der Waals surface area contributed by atoms with Crippen LogP contribution in [0.4, 0.5) is 0 Å². The van der Waals surface area contributed by atoms with Crippen LogP contribution in [0, 0.1) is 4.77 Å². The van der Waals surface area contributed by atoms with Crippen molar-refractivity contribution in [3.8, 4) is 5.75 Å². The second kappa shape index (κ2) is 5.46. The maximum absolute atomic E-state index is 5.38. The Morgan fingerprint density at radius 2 is 2.25 bits per heavy atom. The number of H-pyrrole nitrogens is 1. The zero-order valence-electron chi connectivity index (χ0n) is 11.1. The number of nitrogens with zero attached hydrogens (tertiary/aromatic N) is 4. The standard InChI is InChI=1S/C13H15N5OS/c1-19-10-3-4-12-11(9-10)15-13(20)18(12)7-2-6-17-8-5-14-16-17/h3-5,8-9H,2,6-7H2,1H3,(H,15,20). The average Bonchev–Trinajstić information content (AvgIpc) is 3.06. The Hall–Kier alpha value is -2.15. The van der Waals surface area contributed by atoms with Gasteiger partial charge in [-0.1, -0.05) is 5.21 Å². The van der Waals surface area contributed by atoms with Crippen LogP contribution in [0.3, 0.4) is 0 Å². The molecule has 0 fully saturated rings. The highest BCUT2D eigenvalue weighted by molar-refractivity contribution is 7.71. The monoisotopic (exact) mass is 289 g/mol. The summed E-state index contributed by atoms with van der Waals surface area (Å²) in [5.74, 6) is 0.823. The normalized spacial score (nSPS) is 11.1. The number of aryl methyl sites for hydroxylation is 2. The van der Waals surface area contributed by atoms with E-state index in [1.165, 1.54) is 0 Å². The third-order valence-corrected chi connectivity index (χ3v) is 3.54. The summed E-state index contributed by atoms with van der Waals surface area (Å²) in [5, 5.41) is 7.74. The van der Waals surface area contributed by atoms with E-state index in [9.17, 15) is 0 Å². The minimum Gasteiger partial charge on any atom is -0.497 e. The summed E-state index contributed by atoms with van der Waals surface area (Å²) in [7, 11) is 1.66. The first-order valence-electron chi connectivity index (χ1n) is 6.38. The van der Waals surface area contributed by atoms with Crippen LogP contribution in [0.25, 0.3) is 11.0 Å². The summed E-state index contributed by atoms with van der Waals surface area (Å²) >= 11 is 5.38. The molecule has 0 radical (unpaired) electrons. The van der Waals surface area contributed by atoms with Crippen molar-refractivity contribution in [3.05, 3.63) is 35.4 Å². The molecule has 0 atom stereocenters. The number of methoxy groups -OCH3 is 1. The van der Waals surface area contributed by atoms with E-state index in [-0.39, 0.29) is 0 Å². The van der Waals surface area contributed by atoms with Gasteiger partial charge < -0.3 is 14.3 Å². The van der Waals surface area contributed by atoms with Gasteiger partial charge in [0.2, 0.25) is 0 Å². The van der Waals surface area contributed by atoms with Crippen LogP contribution >= 0.6 is 12.2 Å². The summed E-state index contributed by atoms with van der Waals surface area (Å²) in [5.41, 5.74) is 2.09. The summed E-state index contributed by atoms with van der Waals surface area (Å²) in [4.78, 5) is 3.21. The fourth-order valence-corrected chi connectivity index (χ4v) is 2.53. The van der Waals surface area contributed by atoms with Gasteiger partial charge in [-0.2, -0.15) is 0 Å². The number of hydrogen-bond donors (Lipinski definition) is 1. The van der Waals surface area contributed by atoms with Crippen LogP contribution in [0.2, 0.25) is 0 Å². The third-order valence-electron chi connectivity index (χ3n) is 3.22. The number of aromatic amines is 1. The van der Waals surface area contributed by atoms with Gasteiger partial charge in [0.25, 0.3) is 0 Å². The number of rotatable bonds is 5. The number of fused-ring (bicyclic) bond motifs is 1. The van der Waals surface area contributed by atoms with Gasteiger partial charge in [0.15, 0.2) is 4.77 Å². The number of aromatic nitrogens is 5. The summed E-state index contributed by atoms with van der Waals surface area (Å²) in [6, 6.07) is 5.92. The molecule has 0 bridgehead atoms. The molecule has 20 heavy (non-hydrogen) atoms. The zero-order valence-corrected chi connectivity index (χ0v) is 11.9. The lowest BCUT2D eigenvalue weighted by atomic mass is 10.3. The largest absolute Gasteiger partial charge is 0.497 e. The lowest BCUT2D eigenvalue weighted by molar-refractivity contribution is 0.415. The van der Waals surface area contributed by atoms with Gasteiger partial charge >= 0.3 is 0 Å². The Morgan fingerprint density at radius 3 is 3.00 bits per heavy atom. The molecule has 7 heteroatoms. The highest BCUT2D eigenvalue weighted by Gasteiger charge is 2.05. The zero-order chi connectivity index (χ0) is 13.9. The topological polar surface area (TPSA) is 60.7 Å². The first-order valence-corrected chi connectivity index (χ1v) is 6.79. The molecule has 0 amide bonds. The van der Waals surface area contributed by atoms with Gasteiger partial charge in [0, 0.05) is 25.4 Å². The Balaban J connectivity index is 1.80. The van der Waals surface area contributed by atoms with Gasteiger partial charge in [-0.25, -0.2) is 0 Å². The summed E-state index contributed by atoms with van der Waals surface area (Å²) in [6.07, 6.45) is 4.49. The summed E-state index contributed by atoms with van der Waals surface area (Å²) < 4.78 is 9.87. The SMILES string of the molecule is COc1ccc2c(c1)[nH]c(=S)n2CCCn1ccnn1. The van der Waals surface area contributed by atoms with Crippen LogP contribution in [0.15, 0.2) is 30.6 Å². The van der Waals surface area contributed by atoms with Crippen molar-refractivity contribution in [2.45, 2.75) is 19.5 Å². The molecule has 0 saturated carbocycles. The maximum atomic E-state index is 5.38. The molecule has 3 rings (SSSR count). The number of ether oxygens (including phenoxy) is 1. The van der Waals surface area contributed by atoms with Crippen molar-refractivity contribution in [1.82, 2.24) is 24.5 Å². The number of hydrogen-bond acceptors (Lipinski definition) is 4. The van der Waals surface area contributed by atoms with Crippen molar-refractivity contribution in [1.29, 1.82) is 0 Å². The van der Waals surface area contributed by atoms with Crippen LogP contribution in [-0.2, 0) is 13.1 Å². The molecule has 6 nitrogen and oxygen atoms in total. The summed E-state index contributed by atoms with van der Waals surface area (Å²) in [6.45, 7) is 1.66. The molecule has 3 aromatic rings. The van der Waals surface area contributed by atoms with Crippen molar-refractivity contribution in [3.63, 3.8) is 0 Å². The van der Waals surface area contributed by atoms with Gasteiger partial charge in [-0.15, -0.1) is 5.10 Å². The van der Waals surface area contributed by atoms with Crippen LogP contribution in [0.5, 0.6) is 5.75 Å². The van der Waals surface area contributed by atoms with Crippen LogP contribution in [0.1, 0.15) is 6.42 Å². The molecule has 0 aliphatic heterocycles. The second-order valence-corrected chi connectivity index (χ2v) is 4.87. The van der Waals surface area contributed by atoms with Gasteiger partial charge in [-0.3, -0.25) is 4.68 Å². The first kappa shape index (κ1) is 12.9. The molecular formula is C13H15N5OS. The molecule has 0 saturated heterocycles. The lowest BCUT2D eigenvalue weighted by Gasteiger charge is -2.05. The van der Waals surface area contributed by atoms with E-state index in [4.69, 9.17) is 17.0 Å². The molecule has 2 aromatic heterocycles. The Kier molecular flexibility index (Phi) is 3.51. The van der Waals surface area contributed by atoms with E-state index >= 15 is 0 Å². The Morgan fingerprint density at radius 1 is 1.35 bits per heavy atom. The molecule has 0 spiro atoms. The predicted molar refractivity (Wildman–Crippen MR) is 78.3 cm³/mol. The fourth-order valence-electron chi connectivity index (χ4n) is 2.23. The van der Waals surface area contributed by atoms with E-state index in [1.54, 1.807) is 13.3 Å². The van der Waals surface area contributed by atoms with Gasteiger partial charge in [-0.05, 0) is 30.8 Å². The molecule has 0 unspecified atom stereocenters. The molecule has 2 heterocycles. The Labute approximate surface area is 121 Å². The quantitative estimate of drug-likeness (QED) is 0.733. The smallest absolute Gasteiger partial charge is 0.178 e. The minimum atomic E-state index is 0.729. The second-order valence-electron chi connectivity index (χ2n) is 4.48. The van der Waals surface area contributed by atoms with Crippen molar-refractivity contribution in [2.75, 3.05) is 7.11 Å². The van der Waals surface area contributed by atoms with E-state index in [2.05, 4.69) is 19.9 Å². The predicted octanol–water partition coefficient (Wildman–Crippen LogP) is 2.39. The highest BCUT2D eigenvalue weighted by Crippen LogP contribution is 2.20. The highest BCUT2D eigenvalue weighted by atomic mass is 32.1. The Bertz CT molecular complexity index is 759. The third kappa shape index (κ3) is 2.44. The molecule has 104 valence electrons. The van der Waals surface area contributed by atoms with E-state index in [0.717, 1.165) is 41.1 Å². The number of imidazole rings is 1. The van der Waals surface area contributed by atoms with E-state index in [1.807, 2.05) is 29.1 Å². The molecule has 1 N–H and O–H groups in total. The van der Waals surface area contributed by atoms with Crippen LogP contribution < -0.4 is 4.74 Å². The van der Waals surface area contributed by atoms with E-state index in [0.29, 0.717) is 0 Å². The molecule has 1 aromatic carbocycles. The molecule has 0 aliphatic rings. The molecule has 0 aliphatic carbocycles. The molecular weight excluding hydrogens is 274 g/mol. The number of nitrogens with one attached hydrogen (secondary N) is 1. The fraction of sp³-hybridized carbons (Fsp3) is 0.308. The van der Waals surface area contributed by atoms with E-state index < -0.39 is 0 Å². The van der Waals surface area contributed by atoms with Gasteiger partial charge in [0.1, 0.15) is 5.75 Å². The van der Waals surface area contributed by atoms with Crippen LogP contribution in [-0.4, -0.2) is 31.7 Å². The lowest BCUT2D eigenvalue weighted by Crippen LogP contribution is -2.04. The van der Waals surface area contributed by atoms with Crippen molar-refractivity contribution >= 4 is 23.3 Å². The van der Waals surface area contributed by atoms with Gasteiger partial charge in [0.05, 0.1) is 24.3 Å². The number of benzene rings is 1. The first-order chi connectivity index (χ1) is 9.78.